The highest BCUT2D eigenvalue weighted by Crippen LogP contribution is 2.41. The summed E-state index contributed by atoms with van der Waals surface area (Å²) < 4.78 is 18.3. The van der Waals surface area contributed by atoms with E-state index in [1.165, 1.54) is 0 Å². The summed E-state index contributed by atoms with van der Waals surface area (Å²) in [7, 11) is 3.19. The average Bonchev–Trinajstić information content (AvgIpc) is 3.10. The second-order valence-electron chi connectivity index (χ2n) is 6.70. The number of hydrogen-bond acceptors (Lipinski definition) is 6. The summed E-state index contributed by atoms with van der Waals surface area (Å²) in [5, 5.41) is 3.26. The maximum Gasteiger partial charge on any atom is 0.338 e. The highest BCUT2D eigenvalue weighted by Gasteiger charge is 2.35. The lowest BCUT2D eigenvalue weighted by Gasteiger charge is -2.30. The van der Waals surface area contributed by atoms with E-state index >= 15 is 0 Å². The van der Waals surface area contributed by atoms with Crippen LogP contribution in [0, 0.1) is 0 Å². The number of ether oxygens (including phenoxy) is 3. The second kappa shape index (κ2) is 7.50. The van der Waals surface area contributed by atoms with Gasteiger partial charge >= 0.3 is 5.97 Å². The third-order valence-electron chi connectivity index (χ3n) is 5.05. The molecule has 7 nitrogen and oxygen atoms in total. The number of nitrogens with zero attached hydrogens (tertiary/aromatic N) is 2. The molecular formula is C22H23N3O4. The molecule has 0 bridgehead atoms. The number of esters is 1. The molecule has 7 heteroatoms. The van der Waals surface area contributed by atoms with Gasteiger partial charge in [0, 0.05) is 5.70 Å². The molecule has 2 aromatic carbocycles. The molecule has 0 saturated carbocycles. The highest BCUT2D eigenvalue weighted by molar-refractivity contribution is 5.94. The molecule has 1 N–H and O–H groups in total. The van der Waals surface area contributed by atoms with E-state index in [0.29, 0.717) is 35.3 Å². The van der Waals surface area contributed by atoms with Crippen molar-refractivity contribution >= 4 is 23.0 Å². The molecule has 0 saturated heterocycles. The Kier molecular flexibility index (Phi) is 4.88. The lowest BCUT2D eigenvalue weighted by atomic mass is 9.94. The molecule has 0 fully saturated rings. The van der Waals surface area contributed by atoms with Crippen molar-refractivity contribution in [2.45, 2.75) is 19.9 Å². The summed E-state index contributed by atoms with van der Waals surface area (Å²) in [5.74, 6) is 1.53. The van der Waals surface area contributed by atoms with Crippen LogP contribution in [0.25, 0.3) is 11.0 Å². The molecule has 1 aromatic heterocycles. The maximum atomic E-state index is 12.9. The number of hydrogen-bond donors (Lipinski definition) is 1. The number of rotatable bonds is 5. The van der Waals surface area contributed by atoms with Crippen LogP contribution in [0.4, 0.5) is 5.95 Å². The average molecular weight is 393 g/mol. The first-order valence-corrected chi connectivity index (χ1v) is 9.42. The van der Waals surface area contributed by atoms with Gasteiger partial charge in [-0.25, -0.2) is 9.78 Å². The van der Waals surface area contributed by atoms with Crippen molar-refractivity contribution in [1.82, 2.24) is 9.55 Å². The smallest absolute Gasteiger partial charge is 0.338 e. The van der Waals surface area contributed by atoms with E-state index < -0.39 is 6.04 Å². The van der Waals surface area contributed by atoms with Crippen LogP contribution in [0.15, 0.2) is 53.7 Å². The zero-order chi connectivity index (χ0) is 20.5. The Balaban J connectivity index is 1.97. The number of benzene rings is 2. The molecule has 2 heterocycles. The van der Waals surface area contributed by atoms with Crippen LogP contribution < -0.4 is 14.8 Å². The lowest BCUT2D eigenvalue weighted by molar-refractivity contribution is -0.139. The predicted molar refractivity (Wildman–Crippen MR) is 110 cm³/mol. The number of nitrogens with one attached hydrogen (secondary N) is 1. The zero-order valence-corrected chi connectivity index (χ0v) is 16.9. The van der Waals surface area contributed by atoms with E-state index in [9.17, 15) is 4.79 Å². The van der Waals surface area contributed by atoms with Gasteiger partial charge in [-0.05, 0) is 43.7 Å². The van der Waals surface area contributed by atoms with Crippen LogP contribution in [0.3, 0.4) is 0 Å². The number of fused-ring (bicyclic) bond motifs is 3. The summed E-state index contributed by atoms with van der Waals surface area (Å²) in [6, 6.07) is 13.1. The first kappa shape index (κ1) is 18.9. The molecule has 1 aliphatic rings. The fourth-order valence-electron chi connectivity index (χ4n) is 3.78. The number of methoxy groups -OCH3 is 2. The van der Waals surface area contributed by atoms with E-state index in [1.54, 1.807) is 21.1 Å². The number of aromatic nitrogens is 2. The summed E-state index contributed by atoms with van der Waals surface area (Å²) in [6.07, 6.45) is 0. The third-order valence-corrected chi connectivity index (χ3v) is 5.05. The topological polar surface area (TPSA) is 74.6 Å². The standard InChI is InChI=1S/C22H23N3O4/c1-5-29-21(26)19-13(2)23-22-24-15-8-6-7-9-16(15)25(22)20(19)14-10-11-17(27-3)18(12-14)28-4/h6-12,20H,5H2,1-4H3,(H,23,24). The molecule has 4 rings (SSSR count). The zero-order valence-electron chi connectivity index (χ0n) is 16.9. The Morgan fingerprint density at radius 2 is 1.90 bits per heavy atom. The van der Waals surface area contributed by atoms with Crippen molar-refractivity contribution in [3.05, 3.63) is 59.3 Å². The number of anilines is 1. The van der Waals surface area contributed by atoms with E-state index in [1.807, 2.05) is 54.0 Å². The Labute approximate surface area is 168 Å². The molecule has 0 aliphatic carbocycles. The summed E-state index contributed by atoms with van der Waals surface area (Å²) >= 11 is 0. The Morgan fingerprint density at radius 3 is 2.62 bits per heavy atom. The number of carbonyl (C=O) groups is 1. The van der Waals surface area contributed by atoms with Crippen LogP contribution >= 0.6 is 0 Å². The monoisotopic (exact) mass is 393 g/mol. The normalized spacial score (nSPS) is 15.7. The molecule has 0 amide bonds. The van der Waals surface area contributed by atoms with Crippen molar-refractivity contribution < 1.29 is 19.0 Å². The minimum atomic E-state index is -0.419. The van der Waals surface area contributed by atoms with Crippen LogP contribution in [0.1, 0.15) is 25.5 Å². The van der Waals surface area contributed by atoms with E-state index in [-0.39, 0.29) is 5.97 Å². The third kappa shape index (κ3) is 3.08. The second-order valence-corrected chi connectivity index (χ2v) is 6.70. The molecule has 0 radical (unpaired) electrons. The number of carbonyl (C=O) groups excluding carboxylic acids is 1. The molecule has 1 unspecified atom stereocenters. The van der Waals surface area contributed by atoms with Gasteiger partial charge in [-0.15, -0.1) is 0 Å². The number of allylic oxidation sites excluding steroid dienone is 1. The van der Waals surface area contributed by atoms with Gasteiger partial charge in [0.15, 0.2) is 11.5 Å². The Morgan fingerprint density at radius 1 is 1.14 bits per heavy atom. The van der Waals surface area contributed by atoms with Gasteiger partial charge in [0.2, 0.25) is 5.95 Å². The van der Waals surface area contributed by atoms with E-state index in [4.69, 9.17) is 19.2 Å². The maximum absolute atomic E-state index is 12.9. The molecular weight excluding hydrogens is 370 g/mol. The minimum Gasteiger partial charge on any atom is -0.493 e. The molecule has 1 aliphatic heterocycles. The highest BCUT2D eigenvalue weighted by atomic mass is 16.5. The fraction of sp³-hybridized carbons (Fsp3) is 0.273. The summed E-state index contributed by atoms with van der Waals surface area (Å²) in [5.41, 5.74) is 3.89. The van der Waals surface area contributed by atoms with Crippen molar-refractivity contribution in [2.24, 2.45) is 0 Å². The van der Waals surface area contributed by atoms with Gasteiger partial charge in [0.25, 0.3) is 0 Å². The number of imidazole rings is 1. The van der Waals surface area contributed by atoms with Crippen molar-refractivity contribution in [1.29, 1.82) is 0 Å². The molecule has 29 heavy (non-hydrogen) atoms. The summed E-state index contributed by atoms with van der Waals surface area (Å²) in [6.45, 7) is 3.96. The first-order chi connectivity index (χ1) is 14.1. The van der Waals surface area contributed by atoms with Gasteiger partial charge in [-0.2, -0.15) is 0 Å². The SMILES string of the molecule is CCOC(=O)C1=C(C)Nc2nc3ccccc3n2C1c1ccc(OC)c(OC)c1. The largest absolute Gasteiger partial charge is 0.493 e. The predicted octanol–water partition coefficient (Wildman–Crippen LogP) is 3.91. The quantitative estimate of drug-likeness (QED) is 0.663. The Hall–Kier alpha value is -3.48. The summed E-state index contributed by atoms with van der Waals surface area (Å²) in [4.78, 5) is 17.6. The van der Waals surface area contributed by atoms with Crippen molar-refractivity contribution in [3.63, 3.8) is 0 Å². The van der Waals surface area contributed by atoms with Gasteiger partial charge in [-0.3, -0.25) is 4.57 Å². The van der Waals surface area contributed by atoms with Crippen molar-refractivity contribution in [2.75, 3.05) is 26.1 Å². The van der Waals surface area contributed by atoms with E-state index in [2.05, 4.69) is 5.32 Å². The molecule has 150 valence electrons. The van der Waals surface area contributed by atoms with Gasteiger partial charge in [0.05, 0.1) is 43.5 Å². The van der Waals surface area contributed by atoms with Crippen LogP contribution in [0.2, 0.25) is 0 Å². The molecule has 1 atom stereocenters. The minimum absolute atomic E-state index is 0.297. The van der Waals surface area contributed by atoms with Crippen LogP contribution in [-0.4, -0.2) is 36.3 Å². The van der Waals surface area contributed by atoms with Gasteiger partial charge in [-0.1, -0.05) is 18.2 Å². The lowest BCUT2D eigenvalue weighted by Crippen LogP contribution is -2.29. The van der Waals surface area contributed by atoms with Crippen molar-refractivity contribution in [3.8, 4) is 11.5 Å². The Bertz CT molecular complexity index is 1120. The first-order valence-electron chi connectivity index (χ1n) is 9.42. The number of para-hydroxylation sites is 2. The van der Waals surface area contributed by atoms with Crippen LogP contribution in [-0.2, 0) is 9.53 Å². The van der Waals surface area contributed by atoms with Crippen LogP contribution in [0.5, 0.6) is 11.5 Å². The van der Waals surface area contributed by atoms with Gasteiger partial charge in [0.1, 0.15) is 0 Å². The fourth-order valence-corrected chi connectivity index (χ4v) is 3.78. The van der Waals surface area contributed by atoms with E-state index in [0.717, 1.165) is 16.6 Å². The van der Waals surface area contributed by atoms with Gasteiger partial charge < -0.3 is 19.5 Å². The molecule has 3 aromatic rings. The molecule has 0 spiro atoms.